The summed E-state index contributed by atoms with van der Waals surface area (Å²) in [6.07, 6.45) is 8.37. The standard InChI is InChI=1S/C44H39N5/c1-29-22-32-23-30(2)26-44(25-29,27-32)37-18-15-35(16-19-37)41-47-42(49-43(48-41)40-10-6-7-21-46-40)36-17-20-38(34-13-11-31(28-45)12-14-34)39(24-36)33-8-4-3-5-9-33/h3-21,24,29-30,32H,22-23,25-27H2,1-2H3/t29-,30+,32-,44?. The molecule has 240 valence electrons. The van der Waals surface area contributed by atoms with Gasteiger partial charge in [-0.05, 0) is 113 Å². The second-order valence-corrected chi connectivity index (χ2v) is 14.4. The maximum atomic E-state index is 9.36. The minimum atomic E-state index is 0.270. The van der Waals surface area contributed by atoms with Crippen LogP contribution in [0.15, 0.2) is 121 Å². The highest BCUT2D eigenvalue weighted by atomic mass is 15.0. The molecule has 5 heteroatoms. The van der Waals surface area contributed by atoms with Crippen LogP contribution in [0.3, 0.4) is 0 Å². The molecule has 0 radical (unpaired) electrons. The molecule has 2 saturated carbocycles. The minimum absolute atomic E-state index is 0.270. The van der Waals surface area contributed by atoms with Crippen LogP contribution in [0.4, 0.5) is 0 Å². The summed E-state index contributed by atoms with van der Waals surface area (Å²) in [5.74, 6) is 4.15. The Morgan fingerprint density at radius 3 is 1.88 bits per heavy atom. The molecule has 4 atom stereocenters. The lowest BCUT2D eigenvalue weighted by molar-refractivity contribution is 0.0780. The van der Waals surface area contributed by atoms with Crippen molar-refractivity contribution < 1.29 is 0 Å². The smallest absolute Gasteiger partial charge is 0.182 e. The van der Waals surface area contributed by atoms with Crippen molar-refractivity contribution in [1.82, 2.24) is 19.9 Å². The number of hydrogen-bond donors (Lipinski definition) is 0. The molecule has 2 aliphatic rings. The van der Waals surface area contributed by atoms with Gasteiger partial charge >= 0.3 is 0 Å². The first-order chi connectivity index (χ1) is 24.0. The summed E-state index contributed by atoms with van der Waals surface area (Å²) in [5, 5.41) is 9.36. The molecule has 0 amide bonds. The summed E-state index contributed by atoms with van der Waals surface area (Å²) in [6, 6.07) is 41.6. The normalized spacial score (nSPS) is 21.5. The number of fused-ring (bicyclic) bond motifs is 2. The second kappa shape index (κ2) is 12.9. The molecule has 49 heavy (non-hydrogen) atoms. The van der Waals surface area contributed by atoms with Crippen LogP contribution in [0.5, 0.6) is 0 Å². The largest absolute Gasteiger partial charge is 0.253 e. The monoisotopic (exact) mass is 637 g/mol. The lowest BCUT2D eigenvalue weighted by Gasteiger charge is -2.50. The summed E-state index contributed by atoms with van der Waals surface area (Å²) >= 11 is 0. The van der Waals surface area contributed by atoms with Crippen molar-refractivity contribution in [1.29, 1.82) is 5.26 Å². The highest BCUT2D eigenvalue weighted by molar-refractivity contribution is 5.86. The average molecular weight is 638 g/mol. The molecule has 5 nitrogen and oxygen atoms in total. The van der Waals surface area contributed by atoms with Gasteiger partial charge in [0.1, 0.15) is 5.69 Å². The fourth-order valence-corrected chi connectivity index (χ4v) is 8.79. The van der Waals surface area contributed by atoms with Crippen molar-refractivity contribution in [3.8, 4) is 62.6 Å². The van der Waals surface area contributed by atoms with E-state index in [1.807, 2.05) is 48.5 Å². The second-order valence-electron chi connectivity index (χ2n) is 14.4. The van der Waals surface area contributed by atoms with Crippen molar-refractivity contribution in [3.05, 3.63) is 133 Å². The van der Waals surface area contributed by atoms with Gasteiger partial charge < -0.3 is 0 Å². The molecule has 8 rings (SSSR count). The van der Waals surface area contributed by atoms with Gasteiger partial charge in [0, 0.05) is 17.3 Å². The van der Waals surface area contributed by atoms with Gasteiger partial charge in [0.15, 0.2) is 17.5 Å². The quantitative estimate of drug-likeness (QED) is 0.182. The van der Waals surface area contributed by atoms with Crippen molar-refractivity contribution in [3.63, 3.8) is 0 Å². The van der Waals surface area contributed by atoms with E-state index in [4.69, 9.17) is 15.0 Å². The van der Waals surface area contributed by atoms with Crippen molar-refractivity contribution in [2.24, 2.45) is 17.8 Å². The number of hydrogen-bond acceptors (Lipinski definition) is 5. The highest BCUT2D eigenvalue weighted by Gasteiger charge is 2.45. The first-order valence-corrected chi connectivity index (χ1v) is 17.5. The Kier molecular flexibility index (Phi) is 8.09. The van der Waals surface area contributed by atoms with Gasteiger partial charge in [-0.2, -0.15) is 5.26 Å². The zero-order valence-electron chi connectivity index (χ0n) is 28.1. The van der Waals surface area contributed by atoms with Gasteiger partial charge in [0.2, 0.25) is 0 Å². The number of rotatable bonds is 6. The van der Waals surface area contributed by atoms with Crippen molar-refractivity contribution in [2.75, 3.05) is 0 Å². The van der Waals surface area contributed by atoms with Crippen LogP contribution in [-0.4, -0.2) is 19.9 Å². The Labute approximate surface area is 288 Å². The van der Waals surface area contributed by atoms with Crippen LogP contribution in [0.25, 0.3) is 56.5 Å². The van der Waals surface area contributed by atoms with Crippen LogP contribution in [-0.2, 0) is 5.41 Å². The summed E-state index contributed by atoms with van der Waals surface area (Å²) in [7, 11) is 0. The van der Waals surface area contributed by atoms with Crippen LogP contribution in [0.2, 0.25) is 0 Å². The molecule has 2 aliphatic carbocycles. The van der Waals surface area contributed by atoms with E-state index in [1.165, 1.54) is 37.7 Å². The molecule has 6 aromatic rings. The Morgan fingerprint density at radius 1 is 0.592 bits per heavy atom. The van der Waals surface area contributed by atoms with Crippen molar-refractivity contribution in [2.45, 2.75) is 51.4 Å². The molecular formula is C44H39N5. The van der Waals surface area contributed by atoms with Gasteiger partial charge in [-0.3, -0.25) is 4.98 Å². The Hall–Kier alpha value is -5.47. The molecule has 2 heterocycles. The number of aromatic nitrogens is 4. The fraction of sp³-hybridized carbons (Fsp3) is 0.250. The van der Waals surface area contributed by atoms with Gasteiger partial charge in [-0.1, -0.05) is 98.8 Å². The zero-order chi connectivity index (χ0) is 33.4. The minimum Gasteiger partial charge on any atom is -0.253 e. The van der Waals surface area contributed by atoms with Gasteiger partial charge in [0.05, 0.1) is 11.6 Å². The van der Waals surface area contributed by atoms with E-state index >= 15 is 0 Å². The average Bonchev–Trinajstić information content (AvgIpc) is 3.14. The Balaban J connectivity index is 1.22. The maximum Gasteiger partial charge on any atom is 0.182 e. The highest BCUT2D eigenvalue weighted by Crippen LogP contribution is 2.54. The van der Waals surface area contributed by atoms with E-state index in [0.29, 0.717) is 28.7 Å². The molecule has 0 aliphatic heterocycles. The number of benzene rings is 4. The molecule has 2 aromatic heterocycles. The summed E-state index contributed by atoms with van der Waals surface area (Å²) < 4.78 is 0. The van der Waals surface area contributed by atoms with E-state index in [9.17, 15) is 5.26 Å². The predicted octanol–water partition coefficient (Wildman–Crippen LogP) is 10.6. The summed E-state index contributed by atoms with van der Waals surface area (Å²) in [4.78, 5) is 19.7. The molecule has 0 spiro atoms. The van der Waals surface area contributed by atoms with E-state index < -0.39 is 0 Å². The van der Waals surface area contributed by atoms with Crippen molar-refractivity contribution >= 4 is 0 Å². The van der Waals surface area contributed by atoms with E-state index in [0.717, 1.165) is 51.1 Å². The molecule has 2 bridgehead atoms. The van der Waals surface area contributed by atoms with Crippen LogP contribution >= 0.6 is 0 Å². The molecule has 4 aromatic carbocycles. The first-order valence-electron chi connectivity index (χ1n) is 17.5. The maximum absolute atomic E-state index is 9.36. The molecule has 0 N–H and O–H groups in total. The topological polar surface area (TPSA) is 75.3 Å². The van der Waals surface area contributed by atoms with Gasteiger partial charge in [-0.15, -0.1) is 0 Å². The van der Waals surface area contributed by atoms with Crippen LogP contribution in [0, 0.1) is 29.1 Å². The summed E-state index contributed by atoms with van der Waals surface area (Å²) in [5.41, 5.74) is 9.22. The lowest BCUT2D eigenvalue weighted by atomic mass is 9.54. The third-order valence-corrected chi connectivity index (χ3v) is 10.6. The SMILES string of the molecule is C[C@@H]1C[C@@H]2C[C@H](C)CC(c3ccc(-c4nc(-c5ccc(-c6ccc(C#N)cc6)c(-c6ccccc6)c5)nc(-c5ccccn5)n4)cc3)(C1)C2. The summed E-state index contributed by atoms with van der Waals surface area (Å²) in [6.45, 7) is 4.88. The van der Waals surface area contributed by atoms with Gasteiger partial charge in [-0.25, -0.2) is 15.0 Å². The first kappa shape index (κ1) is 30.8. The fourth-order valence-electron chi connectivity index (χ4n) is 8.79. The Bertz CT molecular complexity index is 2110. The van der Waals surface area contributed by atoms with E-state index in [2.05, 4.69) is 91.6 Å². The molecular weight excluding hydrogens is 599 g/mol. The molecule has 2 fully saturated rings. The van der Waals surface area contributed by atoms with E-state index in [1.54, 1.807) is 6.20 Å². The van der Waals surface area contributed by atoms with Crippen LogP contribution in [0.1, 0.15) is 57.1 Å². The third kappa shape index (κ3) is 6.16. The molecule has 1 unspecified atom stereocenters. The number of pyridine rings is 1. The number of nitriles is 1. The number of nitrogens with zero attached hydrogens (tertiary/aromatic N) is 5. The van der Waals surface area contributed by atoms with E-state index in [-0.39, 0.29) is 5.41 Å². The Morgan fingerprint density at radius 2 is 1.20 bits per heavy atom. The van der Waals surface area contributed by atoms with Gasteiger partial charge in [0.25, 0.3) is 0 Å². The van der Waals surface area contributed by atoms with Crippen LogP contribution < -0.4 is 0 Å². The lowest BCUT2D eigenvalue weighted by Crippen LogP contribution is -2.42. The third-order valence-electron chi connectivity index (χ3n) is 10.6. The predicted molar refractivity (Wildman–Crippen MR) is 196 cm³/mol. The molecule has 0 saturated heterocycles. The zero-order valence-corrected chi connectivity index (χ0v) is 28.1.